The Kier molecular flexibility index (Phi) is 5.56. The van der Waals surface area contributed by atoms with Crippen LogP contribution in [0.1, 0.15) is 30.9 Å². The summed E-state index contributed by atoms with van der Waals surface area (Å²) < 4.78 is 0. The van der Waals surface area contributed by atoms with Crippen LogP contribution >= 0.6 is 11.6 Å². The summed E-state index contributed by atoms with van der Waals surface area (Å²) in [6.07, 6.45) is 1.57. The van der Waals surface area contributed by atoms with E-state index in [0.29, 0.717) is 16.6 Å². The molecule has 0 unspecified atom stereocenters. The summed E-state index contributed by atoms with van der Waals surface area (Å²) in [5, 5.41) is 12.3. The molecule has 0 aliphatic heterocycles. The summed E-state index contributed by atoms with van der Waals surface area (Å²) in [6.45, 7) is 4.23. The molecule has 4 heteroatoms. The highest BCUT2D eigenvalue weighted by molar-refractivity contribution is 6.34. The van der Waals surface area contributed by atoms with Gasteiger partial charge in [-0.25, -0.2) is 0 Å². The van der Waals surface area contributed by atoms with E-state index in [1.165, 1.54) is 5.56 Å². The average molecular weight is 325 g/mol. The van der Waals surface area contributed by atoms with E-state index in [0.717, 1.165) is 5.56 Å². The van der Waals surface area contributed by atoms with Crippen molar-refractivity contribution in [3.8, 4) is 6.07 Å². The molecule has 0 aliphatic rings. The number of amides is 1. The van der Waals surface area contributed by atoms with Crippen molar-refractivity contribution in [3.63, 3.8) is 0 Å². The Morgan fingerprint density at radius 3 is 2.39 bits per heavy atom. The van der Waals surface area contributed by atoms with Crippen molar-refractivity contribution < 1.29 is 4.79 Å². The minimum Gasteiger partial charge on any atom is -0.320 e. The second-order valence-corrected chi connectivity index (χ2v) is 5.83. The van der Waals surface area contributed by atoms with Crippen molar-refractivity contribution in [1.82, 2.24) is 0 Å². The molecule has 3 nitrogen and oxygen atoms in total. The highest BCUT2D eigenvalue weighted by Gasteiger charge is 2.11. The normalized spacial score (nSPS) is 11.2. The van der Waals surface area contributed by atoms with Gasteiger partial charge in [0.15, 0.2) is 0 Å². The molecule has 2 aromatic carbocycles. The van der Waals surface area contributed by atoms with E-state index in [4.69, 9.17) is 11.6 Å². The molecular weight excluding hydrogens is 308 g/mol. The summed E-state index contributed by atoms with van der Waals surface area (Å²) in [6, 6.07) is 16.6. The molecule has 0 heterocycles. The molecule has 0 saturated heterocycles. The molecule has 1 N–H and O–H groups in total. The number of halogens is 1. The van der Waals surface area contributed by atoms with E-state index in [-0.39, 0.29) is 5.57 Å². The molecule has 116 valence electrons. The lowest BCUT2D eigenvalue weighted by molar-refractivity contribution is -0.112. The molecule has 1 amide bonds. The lowest BCUT2D eigenvalue weighted by Gasteiger charge is -2.07. The van der Waals surface area contributed by atoms with Crippen molar-refractivity contribution in [2.24, 2.45) is 0 Å². The number of para-hydroxylation sites is 1. The third-order valence-electron chi connectivity index (χ3n) is 3.40. The van der Waals surface area contributed by atoms with Crippen molar-refractivity contribution in [2.75, 3.05) is 5.32 Å². The van der Waals surface area contributed by atoms with Gasteiger partial charge in [0.1, 0.15) is 11.6 Å². The molecule has 0 bridgehead atoms. The van der Waals surface area contributed by atoms with Gasteiger partial charge in [-0.3, -0.25) is 4.79 Å². The van der Waals surface area contributed by atoms with Crippen LogP contribution in [0, 0.1) is 11.3 Å². The van der Waals surface area contributed by atoms with E-state index >= 15 is 0 Å². The zero-order valence-electron chi connectivity index (χ0n) is 13.0. The van der Waals surface area contributed by atoms with E-state index in [2.05, 4.69) is 19.2 Å². The Labute approximate surface area is 141 Å². The molecule has 2 rings (SSSR count). The minimum atomic E-state index is -0.478. The number of nitriles is 1. The number of nitrogens with one attached hydrogen (secondary N) is 1. The predicted octanol–water partition coefficient (Wildman–Crippen LogP) is 5.01. The number of rotatable bonds is 4. The molecule has 0 atom stereocenters. The molecule has 23 heavy (non-hydrogen) atoms. The van der Waals surface area contributed by atoms with Crippen LogP contribution in [-0.4, -0.2) is 5.91 Å². The summed E-state index contributed by atoms with van der Waals surface area (Å²) in [5.41, 5.74) is 2.53. The van der Waals surface area contributed by atoms with Gasteiger partial charge in [0.2, 0.25) is 0 Å². The number of hydrogen-bond acceptors (Lipinski definition) is 2. The standard InChI is InChI=1S/C19H17ClN2O/c1-13(2)15-9-7-14(8-10-15)11-16(12-21)19(23)22-18-6-4-3-5-17(18)20/h3-11,13H,1-2H3,(H,22,23)/b16-11-. The highest BCUT2D eigenvalue weighted by Crippen LogP contribution is 2.21. The van der Waals surface area contributed by atoms with Gasteiger partial charge in [-0.05, 0) is 35.3 Å². The number of carbonyl (C=O) groups is 1. The number of anilines is 1. The molecule has 0 spiro atoms. The van der Waals surface area contributed by atoms with Crippen LogP contribution in [0.5, 0.6) is 0 Å². The quantitative estimate of drug-likeness (QED) is 0.635. The van der Waals surface area contributed by atoms with Gasteiger partial charge in [0.25, 0.3) is 5.91 Å². The summed E-state index contributed by atoms with van der Waals surface area (Å²) >= 11 is 6.01. The summed E-state index contributed by atoms with van der Waals surface area (Å²) in [5.74, 6) is -0.0412. The maximum atomic E-state index is 12.2. The first kappa shape index (κ1) is 16.8. The topological polar surface area (TPSA) is 52.9 Å². The largest absolute Gasteiger partial charge is 0.320 e. The second-order valence-electron chi connectivity index (χ2n) is 5.43. The van der Waals surface area contributed by atoms with E-state index < -0.39 is 5.91 Å². The van der Waals surface area contributed by atoms with Crippen LogP contribution in [0.4, 0.5) is 5.69 Å². The highest BCUT2D eigenvalue weighted by atomic mass is 35.5. The third-order valence-corrected chi connectivity index (χ3v) is 3.73. The van der Waals surface area contributed by atoms with Gasteiger partial charge in [0, 0.05) is 0 Å². The van der Waals surface area contributed by atoms with Gasteiger partial charge in [-0.1, -0.05) is 61.8 Å². The van der Waals surface area contributed by atoms with E-state index in [1.807, 2.05) is 30.3 Å². The van der Waals surface area contributed by atoms with Crippen LogP contribution < -0.4 is 5.32 Å². The van der Waals surface area contributed by atoms with Gasteiger partial charge >= 0.3 is 0 Å². The Morgan fingerprint density at radius 1 is 1.17 bits per heavy atom. The first-order valence-corrected chi connectivity index (χ1v) is 7.66. The van der Waals surface area contributed by atoms with Crippen molar-refractivity contribution in [3.05, 3.63) is 70.3 Å². The maximum Gasteiger partial charge on any atom is 0.266 e. The van der Waals surface area contributed by atoms with Crippen LogP contribution in [0.25, 0.3) is 6.08 Å². The fourth-order valence-corrected chi connectivity index (χ4v) is 2.23. The van der Waals surface area contributed by atoms with Crippen LogP contribution in [0.15, 0.2) is 54.1 Å². The van der Waals surface area contributed by atoms with E-state index in [1.54, 1.807) is 30.3 Å². The summed E-state index contributed by atoms with van der Waals surface area (Å²) in [7, 11) is 0. The second kappa shape index (κ2) is 7.62. The molecular formula is C19H17ClN2O. The molecule has 0 saturated carbocycles. The Bertz CT molecular complexity index is 771. The van der Waals surface area contributed by atoms with Crippen LogP contribution in [-0.2, 0) is 4.79 Å². The predicted molar refractivity (Wildman–Crippen MR) is 94.2 cm³/mol. The Hall–Kier alpha value is -2.57. The van der Waals surface area contributed by atoms with Crippen LogP contribution in [0.3, 0.4) is 0 Å². The number of hydrogen-bond donors (Lipinski definition) is 1. The Balaban J connectivity index is 2.20. The fourth-order valence-electron chi connectivity index (χ4n) is 2.04. The fraction of sp³-hybridized carbons (Fsp3) is 0.158. The zero-order chi connectivity index (χ0) is 16.8. The number of benzene rings is 2. The first-order valence-electron chi connectivity index (χ1n) is 7.29. The zero-order valence-corrected chi connectivity index (χ0v) is 13.8. The SMILES string of the molecule is CC(C)c1ccc(/C=C(/C#N)C(=O)Nc2ccccc2Cl)cc1. The number of carbonyl (C=O) groups excluding carboxylic acids is 1. The lowest BCUT2D eigenvalue weighted by Crippen LogP contribution is -2.13. The minimum absolute atomic E-state index is 0.0298. The van der Waals surface area contributed by atoms with Gasteiger partial charge in [-0.15, -0.1) is 0 Å². The third kappa shape index (κ3) is 4.45. The first-order chi connectivity index (χ1) is 11.0. The average Bonchev–Trinajstić information content (AvgIpc) is 2.55. The molecule has 0 aliphatic carbocycles. The molecule has 2 aromatic rings. The Morgan fingerprint density at radius 2 is 1.83 bits per heavy atom. The smallest absolute Gasteiger partial charge is 0.266 e. The molecule has 0 fully saturated rings. The monoisotopic (exact) mass is 324 g/mol. The van der Waals surface area contributed by atoms with E-state index in [9.17, 15) is 10.1 Å². The van der Waals surface area contributed by atoms with Crippen molar-refractivity contribution >= 4 is 29.3 Å². The van der Waals surface area contributed by atoms with Gasteiger partial charge in [-0.2, -0.15) is 5.26 Å². The summed E-state index contributed by atoms with van der Waals surface area (Å²) in [4.78, 5) is 12.2. The molecule has 0 radical (unpaired) electrons. The number of nitrogens with zero attached hydrogens (tertiary/aromatic N) is 1. The lowest BCUT2D eigenvalue weighted by atomic mass is 10.0. The molecule has 0 aromatic heterocycles. The maximum absolute atomic E-state index is 12.2. The van der Waals surface area contributed by atoms with Crippen LogP contribution in [0.2, 0.25) is 5.02 Å². The van der Waals surface area contributed by atoms with Gasteiger partial charge < -0.3 is 5.32 Å². The van der Waals surface area contributed by atoms with Crippen molar-refractivity contribution in [2.45, 2.75) is 19.8 Å². The van der Waals surface area contributed by atoms with Gasteiger partial charge in [0.05, 0.1) is 10.7 Å². The van der Waals surface area contributed by atoms with Crippen molar-refractivity contribution in [1.29, 1.82) is 5.26 Å².